The van der Waals surface area contributed by atoms with Crippen molar-refractivity contribution in [3.05, 3.63) is 39.8 Å². The van der Waals surface area contributed by atoms with E-state index >= 15 is 0 Å². The molecule has 1 heterocycles. The van der Waals surface area contributed by atoms with Crippen molar-refractivity contribution in [2.24, 2.45) is 0 Å². The average Bonchev–Trinajstić information content (AvgIpc) is 2.89. The summed E-state index contributed by atoms with van der Waals surface area (Å²) in [6.07, 6.45) is 1.08. The van der Waals surface area contributed by atoms with E-state index in [0.717, 1.165) is 22.2 Å². The van der Waals surface area contributed by atoms with E-state index in [1.165, 1.54) is 0 Å². The first-order chi connectivity index (χ1) is 14.0. The molecule has 30 heavy (non-hydrogen) atoms. The maximum atomic E-state index is 12.4. The van der Waals surface area contributed by atoms with Gasteiger partial charge in [0.2, 0.25) is 5.91 Å². The fourth-order valence-electron chi connectivity index (χ4n) is 2.39. The Hall–Kier alpha value is -2.52. The van der Waals surface area contributed by atoms with Crippen molar-refractivity contribution in [1.29, 1.82) is 0 Å². The average molecular weight is 454 g/mol. The van der Waals surface area contributed by atoms with Crippen LogP contribution in [0.2, 0.25) is 5.02 Å². The van der Waals surface area contributed by atoms with E-state index in [1.54, 1.807) is 51.1 Å². The Kier molecular flexibility index (Phi) is 8.31. The first kappa shape index (κ1) is 23.8. The van der Waals surface area contributed by atoms with Crippen LogP contribution in [-0.4, -0.2) is 53.3 Å². The number of hydrogen-bond donors (Lipinski definition) is 2. The van der Waals surface area contributed by atoms with Crippen LogP contribution in [0.5, 0.6) is 0 Å². The summed E-state index contributed by atoms with van der Waals surface area (Å²) in [5, 5.41) is 5.30. The maximum Gasteiger partial charge on any atom is 0.407 e. The normalized spacial score (nSPS) is 15.5. The third-order valence-electron chi connectivity index (χ3n) is 3.72. The van der Waals surface area contributed by atoms with Crippen LogP contribution >= 0.6 is 23.4 Å². The number of benzene rings is 1. The van der Waals surface area contributed by atoms with Crippen LogP contribution in [0.3, 0.4) is 0 Å². The van der Waals surface area contributed by atoms with E-state index in [4.69, 9.17) is 16.3 Å². The second kappa shape index (κ2) is 10.5. The molecule has 0 aromatic heterocycles. The van der Waals surface area contributed by atoms with Crippen molar-refractivity contribution >= 4 is 52.6 Å². The summed E-state index contributed by atoms with van der Waals surface area (Å²) < 4.78 is 5.07. The highest BCUT2D eigenvalue weighted by Crippen LogP contribution is 2.32. The number of imide groups is 1. The third-order valence-corrected chi connectivity index (χ3v) is 4.88. The minimum atomic E-state index is -0.611. The van der Waals surface area contributed by atoms with Crippen LogP contribution in [0.15, 0.2) is 29.2 Å². The number of nitrogens with one attached hydrogen (secondary N) is 2. The van der Waals surface area contributed by atoms with Crippen LogP contribution < -0.4 is 10.6 Å². The van der Waals surface area contributed by atoms with Gasteiger partial charge in [-0.2, -0.15) is 0 Å². The number of carbonyl (C=O) groups is 4. The molecule has 0 saturated carbocycles. The lowest BCUT2D eigenvalue weighted by molar-refractivity contribution is -0.124. The van der Waals surface area contributed by atoms with E-state index in [-0.39, 0.29) is 37.2 Å². The van der Waals surface area contributed by atoms with Gasteiger partial charge in [0.05, 0.1) is 4.91 Å². The zero-order chi connectivity index (χ0) is 22.3. The number of nitrogens with zero attached hydrogens (tertiary/aromatic N) is 1. The van der Waals surface area contributed by atoms with E-state index in [1.807, 2.05) is 0 Å². The molecule has 0 unspecified atom stereocenters. The number of hydrogen-bond acceptors (Lipinski definition) is 6. The molecule has 0 atom stereocenters. The van der Waals surface area contributed by atoms with Crippen LogP contribution in [0.1, 0.15) is 32.8 Å². The highest BCUT2D eigenvalue weighted by molar-refractivity contribution is 8.18. The summed E-state index contributed by atoms with van der Waals surface area (Å²) in [5.41, 5.74) is 0.149. The molecule has 1 aromatic rings. The number of alkyl carbamates (subject to hydrolysis) is 1. The Labute approximate surface area is 184 Å². The molecule has 4 amide bonds. The van der Waals surface area contributed by atoms with E-state index < -0.39 is 17.6 Å². The highest BCUT2D eigenvalue weighted by atomic mass is 35.5. The van der Waals surface area contributed by atoms with Gasteiger partial charge >= 0.3 is 6.09 Å². The quantitative estimate of drug-likeness (QED) is 0.613. The lowest BCUT2D eigenvalue weighted by Gasteiger charge is -2.19. The van der Waals surface area contributed by atoms with Gasteiger partial charge in [0.1, 0.15) is 5.60 Å². The third kappa shape index (κ3) is 7.72. The monoisotopic (exact) mass is 453 g/mol. The van der Waals surface area contributed by atoms with Gasteiger partial charge in [-0.05, 0) is 56.3 Å². The van der Waals surface area contributed by atoms with E-state index in [2.05, 4.69) is 10.6 Å². The predicted molar refractivity (Wildman–Crippen MR) is 116 cm³/mol. The van der Waals surface area contributed by atoms with E-state index in [9.17, 15) is 19.2 Å². The molecule has 0 bridgehead atoms. The van der Waals surface area contributed by atoms with Crippen LogP contribution in [0, 0.1) is 0 Å². The smallest absolute Gasteiger partial charge is 0.407 e. The van der Waals surface area contributed by atoms with Crippen molar-refractivity contribution in [1.82, 2.24) is 15.5 Å². The number of rotatable bonds is 7. The first-order valence-electron chi connectivity index (χ1n) is 9.29. The van der Waals surface area contributed by atoms with Gasteiger partial charge in [-0.25, -0.2) is 4.79 Å². The predicted octanol–water partition coefficient (Wildman–Crippen LogP) is 3.41. The zero-order valence-corrected chi connectivity index (χ0v) is 18.6. The molecule has 0 aliphatic carbocycles. The Morgan fingerprint density at radius 1 is 1.13 bits per heavy atom. The second-order valence-corrected chi connectivity index (χ2v) is 8.84. The second-order valence-electron chi connectivity index (χ2n) is 7.41. The topological polar surface area (TPSA) is 105 Å². The molecule has 2 rings (SSSR count). The van der Waals surface area contributed by atoms with Gasteiger partial charge < -0.3 is 15.4 Å². The number of ether oxygens (including phenoxy) is 1. The van der Waals surface area contributed by atoms with Gasteiger partial charge in [0.25, 0.3) is 11.1 Å². The lowest BCUT2D eigenvalue weighted by atomic mass is 10.2. The molecule has 0 spiro atoms. The molecule has 1 aliphatic heterocycles. The molecular weight excluding hydrogens is 430 g/mol. The number of amides is 4. The summed E-state index contributed by atoms with van der Waals surface area (Å²) in [5.74, 6) is -0.712. The minimum Gasteiger partial charge on any atom is -0.444 e. The van der Waals surface area contributed by atoms with Crippen molar-refractivity contribution in [2.75, 3.05) is 19.6 Å². The molecule has 10 heteroatoms. The Balaban J connectivity index is 1.74. The molecule has 1 aromatic carbocycles. The SMILES string of the molecule is CC(C)(C)OC(=O)NCCC(=O)NCCN1C(=O)S/C(=C/c2ccc(Cl)cc2)C1=O. The summed E-state index contributed by atoms with van der Waals surface area (Å²) in [6, 6.07) is 6.90. The Morgan fingerprint density at radius 3 is 2.43 bits per heavy atom. The lowest BCUT2D eigenvalue weighted by Crippen LogP contribution is -2.39. The molecule has 1 fully saturated rings. The zero-order valence-electron chi connectivity index (χ0n) is 17.0. The van der Waals surface area contributed by atoms with Crippen molar-refractivity contribution in [3.8, 4) is 0 Å². The van der Waals surface area contributed by atoms with E-state index in [0.29, 0.717) is 9.93 Å². The fraction of sp³-hybridized carbons (Fsp3) is 0.400. The molecular formula is C20H24ClN3O5S. The molecule has 0 radical (unpaired) electrons. The molecule has 1 aliphatic rings. The van der Waals surface area contributed by atoms with Gasteiger partial charge in [0.15, 0.2) is 0 Å². The van der Waals surface area contributed by atoms with Crippen LogP contribution in [0.25, 0.3) is 6.08 Å². The molecule has 162 valence electrons. The number of halogens is 1. The summed E-state index contributed by atoms with van der Waals surface area (Å²) in [6.45, 7) is 5.54. The van der Waals surface area contributed by atoms with Gasteiger partial charge in [0, 0.05) is 31.1 Å². The van der Waals surface area contributed by atoms with Crippen molar-refractivity contribution in [3.63, 3.8) is 0 Å². The Morgan fingerprint density at radius 2 is 1.80 bits per heavy atom. The largest absolute Gasteiger partial charge is 0.444 e. The van der Waals surface area contributed by atoms with Crippen molar-refractivity contribution in [2.45, 2.75) is 32.8 Å². The van der Waals surface area contributed by atoms with Gasteiger partial charge in [-0.3, -0.25) is 19.3 Å². The van der Waals surface area contributed by atoms with Crippen molar-refractivity contribution < 1.29 is 23.9 Å². The number of carbonyl (C=O) groups excluding carboxylic acids is 4. The summed E-state index contributed by atoms with van der Waals surface area (Å²) in [4.78, 5) is 49.3. The first-order valence-corrected chi connectivity index (χ1v) is 10.5. The van der Waals surface area contributed by atoms with Gasteiger partial charge in [-0.15, -0.1) is 0 Å². The highest BCUT2D eigenvalue weighted by Gasteiger charge is 2.34. The van der Waals surface area contributed by atoms with Gasteiger partial charge in [-0.1, -0.05) is 23.7 Å². The Bertz CT molecular complexity index is 849. The molecule has 8 nitrogen and oxygen atoms in total. The minimum absolute atomic E-state index is 0.0532. The molecule has 1 saturated heterocycles. The standard InChI is InChI=1S/C20H24ClN3O5S/c1-20(2,3)29-18(27)23-9-8-16(25)22-10-11-24-17(26)15(30-19(24)28)12-13-4-6-14(21)7-5-13/h4-7,12H,8-11H2,1-3H3,(H,22,25)(H,23,27)/b15-12+. The summed E-state index contributed by atoms with van der Waals surface area (Å²) >= 11 is 6.69. The summed E-state index contributed by atoms with van der Waals surface area (Å²) in [7, 11) is 0. The fourth-order valence-corrected chi connectivity index (χ4v) is 3.38. The maximum absolute atomic E-state index is 12.4. The van der Waals surface area contributed by atoms with Crippen LogP contribution in [-0.2, 0) is 14.3 Å². The van der Waals surface area contributed by atoms with Crippen LogP contribution in [0.4, 0.5) is 9.59 Å². The molecule has 2 N–H and O–H groups in total. The number of thioether (sulfide) groups is 1.